The number of nitrogens with one attached hydrogen (secondary N) is 1. The van der Waals surface area contributed by atoms with Gasteiger partial charge in [0.15, 0.2) is 0 Å². The van der Waals surface area contributed by atoms with Crippen molar-refractivity contribution in [2.24, 2.45) is 11.1 Å². The summed E-state index contributed by atoms with van der Waals surface area (Å²) in [6, 6.07) is 1.66. The summed E-state index contributed by atoms with van der Waals surface area (Å²) in [6.45, 7) is 7.14. The third-order valence-corrected chi connectivity index (χ3v) is 1.90. The standard InChI is InChI=1S/C11H18N2O2/c1-11(2,3)7-13-10(14)8-4-9(5-12)15-6-8/h4,6H,5,7,12H2,1-3H3,(H,13,14). The highest BCUT2D eigenvalue weighted by Crippen LogP contribution is 2.12. The number of hydrogen-bond donors (Lipinski definition) is 2. The van der Waals surface area contributed by atoms with Gasteiger partial charge in [0.1, 0.15) is 12.0 Å². The topological polar surface area (TPSA) is 68.3 Å². The minimum atomic E-state index is -0.117. The molecule has 0 fully saturated rings. The Morgan fingerprint density at radius 1 is 1.53 bits per heavy atom. The Balaban J connectivity index is 2.54. The smallest absolute Gasteiger partial charge is 0.254 e. The van der Waals surface area contributed by atoms with E-state index < -0.39 is 0 Å². The van der Waals surface area contributed by atoms with E-state index in [4.69, 9.17) is 10.2 Å². The predicted molar refractivity (Wildman–Crippen MR) is 58.4 cm³/mol. The highest BCUT2D eigenvalue weighted by Gasteiger charge is 2.14. The monoisotopic (exact) mass is 210 g/mol. The second-order valence-corrected chi connectivity index (χ2v) is 4.75. The van der Waals surface area contributed by atoms with Crippen molar-refractivity contribution in [1.29, 1.82) is 0 Å². The van der Waals surface area contributed by atoms with Gasteiger partial charge in [0.25, 0.3) is 5.91 Å². The third kappa shape index (κ3) is 3.75. The molecule has 0 spiro atoms. The molecule has 0 bridgehead atoms. The molecule has 0 aliphatic heterocycles. The van der Waals surface area contributed by atoms with Gasteiger partial charge in [-0.15, -0.1) is 0 Å². The third-order valence-electron chi connectivity index (χ3n) is 1.90. The Kier molecular flexibility index (Phi) is 3.52. The van der Waals surface area contributed by atoms with Gasteiger partial charge >= 0.3 is 0 Å². The van der Waals surface area contributed by atoms with Crippen LogP contribution in [0.5, 0.6) is 0 Å². The van der Waals surface area contributed by atoms with E-state index in [-0.39, 0.29) is 11.3 Å². The molecule has 1 rings (SSSR count). The highest BCUT2D eigenvalue weighted by molar-refractivity contribution is 5.93. The van der Waals surface area contributed by atoms with Crippen molar-refractivity contribution in [3.63, 3.8) is 0 Å². The van der Waals surface area contributed by atoms with Crippen molar-refractivity contribution >= 4 is 5.91 Å². The van der Waals surface area contributed by atoms with Gasteiger partial charge < -0.3 is 15.5 Å². The van der Waals surface area contributed by atoms with E-state index in [1.54, 1.807) is 6.07 Å². The molecule has 0 aliphatic rings. The Bertz CT molecular complexity index is 337. The minimum absolute atomic E-state index is 0.0795. The molecule has 4 heteroatoms. The van der Waals surface area contributed by atoms with Crippen molar-refractivity contribution in [3.05, 3.63) is 23.7 Å². The number of furan rings is 1. The molecule has 3 N–H and O–H groups in total. The van der Waals surface area contributed by atoms with Gasteiger partial charge in [0.2, 0.25) is 0 Å². The molecule has 0 saturated heterocycles. The zero-order valence-corrected chi connectivity index (χ0v) is 9.46. The van der Waals surface area contributed by atoms with Crippen molar-refractivity contribution in [1.82, 2.24) is 5.32 Å². The summed E-state index contributed by atoms with van der Waals surface area (Å²) in [5, 5.41) is 2.84. The molecule has 0 atom stereocenters. The summed E-state index contributed by atoms with van der Waals surface area (Å²) in [4.78, 5) is 11.6. The maximum Gasteiger partial charge on any atom is 0.254 e. The molecule has 1 aromatic heterocycles. The lowest BCUT2D eigenvalue weighted by atomic mass is 9.97. The van der Waals surface area contributed by atoms with Gasteiger partial charge in [-0.3, -0.25) is 4.79 Å². The van der Waals surface area contributed by atoms with E-state index in [2.05, 4.69) is 26.1 Å². The van der Waals surface area contributed by atoms with E-state index in [1.165, 1.54) is 6.26 Å². The molecule has 4 nitrogen and oxygen atoms in total. The van der Waals surface area contributed by atoms with Crippen LogP contribution in [-0.2, 0) is 6.54 Å². The Labute approximate surface area is 89.8 Å². The van der Waals surface area contributed by atoms with E-state index in [0.29, 0.717) is 24.4 Å². The predicted octanol–water partition coefficient (Wildman–Crippen LogP) is 1.51. The van der Waals surface area contributed by atoms with Gasteiger partial charge in [-0.25, -0.2) is 0 Å². The summed E-state index contributed by atoms with van der Waals surface area (Å²) >= 11 is 0. The van der Waals surface area contributed by atoms with Crippen LogP contribution in [0.2, 0.25) is 0 Å². The summed E-state index contributed by atoms with van der Waals surface area (Å²) in [7, 11) is 0. The fourth-order valence-electron chi connectivity index (χ4n) is 1.05. The minimum Gasteiger partial charge on any atom is -0.467 e. The second kappa shape index (κ2) is 4.49. The molecule has 1 heterocycles. The Morgan fingerprint density at radius 3 is 2.67 bits per heavy atom. The molecule has 0 aromatic carbocycles. The Hall–Kier alpha value is -1.29. The summed E-state index contributed by atoms with van der Waals surface area (Å²) in [5.41, 5.74) is 5.99. The first-order valence-corrected chi connectivity index (χ1v) is 4.98. The number of carbonyl (C=O) groups is 1. The lowest BCUT2D eigenvalue weighted by Crippen LogP contribution is -2.31. The van der Waals surface area contributed by atoms with Gasteiger partial charge in [0, 0.05) is 6.54 Å². The van der Waals surface area contributed by atoms with Gasteiger partial charge in [-0.2, -0.15) is 0 Å². The Morgan fingerprint density at radius 2 is 2.20 bits per heavy atom. The molecular weight excluding hydrogens is 192 g/mol. The molecule has 0 radical (unpaired) electrons. The van der Waals surface area contributed by atoms with Gasteiger partial charge in [-0.1, -0.05) is 20.8 Å². The zero-order valence-electron chi connectivity index (χ0n) is 9.46. The first kappa shape index (κ1) is 11.8. The van der Waals surface area contributed by atoms with Gasteiger partial charge in [-0.05, 0) is 11.5 Å². The highest BCUT2D eigenvalue weighted by atomic mass is 16.3. The average Bonchev–Trinajstić information content (AvgIpc) is 2.61. The van der Waals surface area contributed by atoms with Crippen molar-refractivity contribution in [2.75, 3.05) is 6.54 Å². The molecule has 1 aromatic rings. The van der Waals surface area contributed by atoms with Crippen LogP contribution in [0, 0.1) is 5.41 Å². The van der Waals surface area contributed by atoms with Crippen molar-refractivity contribution in [2.45, 2.75) is 27.3 Å². The maximum atomic E-state index is 11.6. The van der Waals surface area contributed by atoms with E-state index in [0.717, 1.165) is 0 Å². The fourth-order valence-corrected chi connectivity index (χ4v) is 1.05. The van der Waals surface area contributed by atoms with E-state index >= 15 is 0 Å². The number of hydrogen-bond acceptors (Lipinski definition) is 3. The van der Waals surface area contributed by atoms with Crippen LogP contribution in [0.3, 0.4) is 0 Å². The quantitative estimate of drug-likeness (QED) is 0.794. The number of nitrogens with two attached hydrogens (primary N) is 1. The number of rotatable bonds is 3. The van der Waals surface area contributed by atoms with Crippen LogP contribution in [0.1, 0.15) is 36.9 Å². The molecule has 0 saturated carbocycles. The van der Waals surface area contributed by atoms with E-state index in [9.17, 15) is 4.79 Å². The maximum absolute atomic E-state index is 11.6. The van der Waals surface area contributed by atoms with Crippen LogP contribution < -0.4 is 11.1 Å². The van der Waals surface area contributed by atoms with Crippen LogP contribution in [0.15, 0.2) is 16.7 Å². The first-order chi connectivity index (χ1) is 6.92. The largest absolute Gasteiger partial charge is 0.467 e. The van der Waals surface area contributed by atoms with Crippen LogP contribution in [0.25, 0.3) is 0 Å². The number of amides is 1. The molecule has 1 amide bonds. The summed E-state index contributed by atoms with van der Waals surface area (Å²) in [6.07, 6.45) is 1.43. The van der Waals surface area contributed by atoms with Crippen LogP contribution in [-0.4, -0.2) is 12.5 Å². The molecule has 0 aliphatic carbocycles. The normalized spacial score (nSPS) is 11.5. The van der Waals surface area contributed by atoms with Gasteiger partial charge in [0.05, 0.1) is 12.1 Å². The van der Waals surface area contributed by atoms with E-state index in [1.807, 2.05) is 0 Å². The molecular formula is C11H18N2O2. The van der Waals surface area contributed by atoms with Crippen molar-refractivity contribution in [3.8, 4) is 0 Å². The molecule has 84 valence electrons. The fraction of sp³-hybridized carbons (Fsp3) is 0.545. The lowest BCUT2D eigenvalue weighted by molar-refractivity contribution is 0.0938. The number of carbonyl (C=O) groups excluding carboxylic acids is 1. The summed E-state index contributed by atoms with van der Waals surface area (Å²) in [5.74, 6) is 0.504. The second-order valence-electron chi connectivity index (χ2n) is 4.75. The summed E-state index contributed by atoms with van der Waals surface area (Å²) < 4.78 is 5.08. The first-order valence-electron chi connectivity index (χ1n) is 4.98. The zero-order chi connectivity index (χ0) is 11.5. The van der Waals surface area contributed by atoms with Crippen LogP contribution >= 0.6 is 0 Å². The lowest BCUT2D eigenvalue weighted by Gasteiger charge is -2.18. The molecule has 15 heavy (non-hydrogen) atoms. The van der Waals surface area contributed by atoms with Crippen LogP contribution in [0.4, 0.5) is 0 Å². The van der Waals surface area contributed by atoms with Crippen molar-refractivity contribution < 1.29 is 9.21 Å². The SMILES string of the molecule is CC(C)(C)CNC(=O)c1coc(CN)c1. The average molecular weight is 210 g/mol. The molecule has 0 unspecified atom stereocenters.